The lowest BCUT2D eigenvalue weighted by Gasteiger charge is -2.32. The Balaban J connectivity index is 0.00000264. The molecule has 0 aromatic heterocycles. The van der Waals surface area contributed by atoms with Gasteiger partial charge in [-0.15, -0.1) is 24.0 Å². The SMILES string of the molecule is CCCN1CCC(NC(=NC)NCc2ccc(Cl)cc2)CC1.I. The highest BCUT2D eigenvalue weighted by atomic mass is 127. The molecule has 2 rings (SSSR count). The van der Waals surface area contributed by atoms with Crippen LogP contribution in [0.1, 0.15) is 31.7 Å². The second kappa shape index (κ2) is 11.1. The number of piperidine rings is 1. The zero-order chi connectivity index (χ0) is 15.8. The van der Waals surface area contributed by atoms with Crippen LogP contribution >= 0.6 is 35.6 Å². The van der Waals surface area contributed by atoms with E-state index in [4.69, 9.17) is 11.6 Å². The smallest absolute Gasteiger partial charge is 0.191 e. The molecule has 6 heteroatoms. The number of halogens is 2. The van der Waals surface area contributed by atoms with E-state index in [9.17, 15) is 0 Å². The van der Waals surface area contributed by atoms with Gasteiger partial charge in [-0.3, -0.25) is 4.99 Å². The van der Waals surface area contributed by atoms with Crippen LogP contribution in [-0.2, 0) is 6.54 Å². The number of benzene rings is 1. The van der Waals surface area contributed by atoms with Gasteiger partial charge in [0.2, 0.25) is 0 Å². The van der Waals surface area contributed by atoms with Crippen LogP contribution in [0, 0.1) is 0 Å². The Bertz CT molecular complexity index is 470. The normalized spacial score (nSPS) is 16.7. The minimum Gasteiger partial charge on any atom is -0.354 e. The molecule has 1 heterocycles. The summed E-state index contributed by atoms with van der Waals surface area (Å²) in [5.41, 5.74) is 1.20. The fraction of sp³-hybridized carbons (Fsp3) is 0.588. The summed E-state index contributed by atoms with van der Waals surface area (Å²) in [6.45, 7) is 6.58. The second-order valence-electron chi connectivity index (χ2n) is 5.81. The number of guanidine groups is 1. The van der Waals surface area contributed by atoms with Crippen LogP contribution in [0.4, 0.5) is 0 Å². The number of nitrogens with one attached hydrogen (secondary N) is 2. The molecule has 130 valence electrons. The fourth-order valence-electron chi connectivity index (χ4n) is 2.79. The Morgan fingerprint density at radius 1 is 1.26 bits per heavy atom. The van der Waals surface area contributed by atoms with Crippen molar-refractivity contribution in [1.82, 2.24) is 15.5 Å². The molecule has 0 bridgehead atoms. The monoisotopic (exact) mass is 450 g/mol. The molecule has 0 aliphatic carbocycles. The maximum atomic E-state index is 5.90. The van der Waals surface area contributed by atoms with Crippen molar-refractivity contribution in [1.29, 1.82) is 0 Å². The molecule has 0 amide bonds. The lowest BCUT2D eigenvalue weighted by atomic mass is 10.1. The second-order valence-corrected chi connectivity index (χ2v) is 6.25. The summed E-state index contributed by atoms with van der Waals surface area (Å²) in [5.74, 6) is 0.879. The van der Waals surface area contributed by atoms with Crippen molar-refractivity contribution < 1.29 is 0 Å². The molecular formula is C17H28ClIN4. The standard InChI is InChI=1S/C17H27ClN4.HI/c1-3-10-22-11-8-16(9-12-22)21-17(19-2)20-13-14-4-6-15(18)7-5-14;/h4-7,16H,3,8-13H2,1-2H3,(H2,19,20,21);1H. The van der Waals surface area contributed by atoms with Gasteiger partial charge in [-0.2, -0.15) is 0 Å². The van der Waals surface area contributed by atoms with Crippen LogP contribution in [0.3, 0.4) is 0 Å². The van der Waals surface area contributed by atoms with E-state index < -0.39 is 0 Å². The van der Waals surface area contributed by atoms with Gasteiger partial charge in [-0.05, 0) is 43.5 Å². The highest BCUT2D eigenvalue weighted by Crippen LogP contribution is 2.11. The average Bonchev–Trinajstić information content (AvgIpc) is 2.55. The first-order valence-corrected chi connectivity index (χ1v) is 8.53. The Kier molecular flexibility index (Phi) is 9.90. The molecule has 1 aliphatic heterocycles. The number of likely N-dealkylation sites (tertiary alicyclic amines) is 1. The van der Waals surface area contributed by atoms with Crippen molar-refractivity contribution in [3.8, 4) is 0 Å². The molecule has 4 nitrogen and oxygen atoms in total. The number of aliphatic imine (C=N–C) groups is 1. The molecular weight excluding hydrogens is 423 g/mol. The van der Waals surface area contributed by atoms with E-state index in [0.717, 1.165) is 17.5 Å². The summed E-state index contributed by atoms with van der Waals surface area (Å²) < 4.78 is 0. The molecule has 1 aromatic rings. The Labute approximate surface area is 162 Å². The third-order valence-electron chi connectivity index (χ3n) is 4.07. The fourth-order valence-corrected chi connectivity index (χ4v) is 2.92. The number of nitrogens with zero attached hydrogens (tertiary/aromatic N) is 2. The average molecular weight is 451 g/mol. The maximum absolute atomic E-state index is 5.90. The molecule has 0 atom stereocenters. The lowest BCUT2D eigenvalue weighted by Crippen LogP contribution is -2.48. The van der Waals surface area contributed by atoms with Crippen LogP contribution in [0.15, 0.2) is 29.3 Å². The molecule has 0 radical (unpaired) electrons. The number of hydrogen-bond acceptors (Lipinski definition) is 2. The third kappa shape index (κ3) is 7.27. The van der Waals surface area contributed by atoms with Crippen molar-refractivity contribution in [3.63, 3.8) is 0 Å². The topological polar surface area (TPSA) is 39.7 Å². The summed E-state index contributed by atoms with van der Waals surface area (Å²) in [6, 6.07) is 8.42. The van der Waals surface area contributed by atoms with E-state index in [1.165, 1.54) is 44.5 Å². The van der Waals surface area contributed by atoms with Crippen molar-refractivity contribution in [3.05, 3.63) is 34.9 Å². The van der Waals surface area contributed by atoms with Crippen LogP contribution in [0.5, 0.6) is 0 Å². The molecule has 0 spiro atoms. The summed E-state index contributed by atoms with van der Waals surface area (Å²) in [5, 5.41) is 7.68. The van der Waals surface area contributed by atoms with Gasteiger partial charge in [0.15, 0.2) is 5.96 Å². The Hall–Kier alpha value is -0.530. The molecule has 1 aromatic carbocycles. The maximum Gasteiger partial charge on any atom is 0.191 e. The molecule has 23 heavy (non-hydrogen) atoms. The summed E-state index contributed by atoms with van der Waals surface area (Å²) in [4.78, 5) is 6.87. The van der Waals surface area contributed by atoms with Gasteiger partial charge in [0.1, 0.15) is 0 Å². The van der Waals surface area contributed by atoms with Crippen molar-refractivity contribution in [2.24, 2.45) is 4.99 Å². The van der Waals surface area contributed by atoms with E-state index in [-0.39, 0.29) is 24.0 Å². The lowest BCUT2D eigenvalue weighted by molar-refractivity contribution is 0.206. The predicted octanol–water partition coefficient (Wildman–Crippen LogP) is 3.50. The minimum absolute atomic E-state index is 0. The van der Waals surface area contributed by atoms with Crippen LogP contribution in [0.25, 0.3) is 0 Å². The summed E-state index contributed by atoms with van der Waals surface area (Å²) in [7, 11) is 1.82. The molecule has 1 aliphatic rings. The largest absolute Gasteiger partial charge is 0.354 e. The zero-order valence-electron chi connectivity index (χ0n) is 14.0. The number of rotatable bonds is 5. The highest BCUT2D eigenvalue weighted by Gasteiger charge is 2.19. The van der Waals surface area contributed by atoms with Gasteiger partial charge in [0.25, 0.3) is 0 Å². The number of hydrogen-bond donors (Lipinski definition) is 2. The van der Waals surface area contributed by atoms with Crippen molar-refractivity contribution in [2.75, 3.05) is 26.7 Å². The molecule has 2 N–H and O–H groups in total. The first kappa shape index (κ1) is 20.5. The minimum atomic E-state index is 0. The van der Waals surface area contributed by atoms with Gasteiger partial charge in [0, 0.05) is 37.7 Å². The first-order valence-electron chi connectivity index (χ1n) is 8.15. The van der Waals surface area contributed by atoms with Crippen LogP contribution in [-0.4, -0.2) is 43.6 Å². The Morgan fingerprint density at radius 2 is 1.91 bits per heavy atom. The van der Waals surface area contributed by atoms with Crippen LogP contribution in [0.2, 0.25) is 5.02 Å². The molecule has 1 fully saturated rings. The predicted molar refractivity (Wildman–Crippen MR) is 110 cm³/mol. The van der Waals surface area contributed by atoms with E-state index in [2.05, 4.69) is 27.4 Å². The van der Waals surface area contributed by atoms with Crippen molar-refractivity contribution in [2.45, 2.75) is 38.8 Å². The highest BCUT2D eigenvalue weighted by molar-refractivity contribution is 14.0. The third-order valence-corrected chi connectivity index (χ3v) is 4.32. The van der Waals surface area contributed by atoms with Gasteiger partial charge in [-0.1, -0.05) is 30.7 Å². The van der Waals surface area contributed by atoms with E-state index >= 15 is 0 Å². The van der Waals surface area contributed by atoms with Crippen LogP contribution < -0.4 is 10.6 Å². The van der Waals surface area contributed by atoms with Gasteiger partial charge in [0.05, 0.1) is 0 Å². The van der Waals surface area contributed by atoms with Gasteiger partial charge >= 0.3 is 0 Å². The van der Waals surface area contributed by atoms with E-state index in [1.807, 2.05) is 31.3 Å². The van der Waals surface area contributed by atoms with Gasteiger partial charge in [-0.25, -0.2) is 0 Å². The first-order chi connectivity index (χ1) is 10.7. The van der Waals surface area contributed by atoms with E-state index in [0.29, 0.717) is 6.04 Å². The summed E-state index contributed by atoms with van der Waals surface area (Å²) in [6.07, 6.45) is 3.60. The molecule has 1 saturated heterocycles. The molecule has 0 unspecified atom stereocenters. The van der Waals surface area contributed by atoms with Crippen molar-refractivity contribution >= 4 is 41.5 Å². The van der Waals surface area contributed by atoms with Gasteiger partial charge < -0.3 is 15.5 Å². The zero-order valence-corrected chi connectivity index (χ0v) is 17.1. The van der Waals surface area contributed by atoms with E-state index in [1.54, 1.807) is 0 Å². The summed E-state index contributed by atoms with van der Waals surface area (Å²) >= 11 is 5.90. The quantitative estimate of drug-likeness (QED) is 0.410. The molecule has 0 saturated carbocycles. The Morgan fingerprint density at radius 3 is 2.48 bits per heavy atom.